The van der Waals surface area contributed by atoms with Crippen LogP contribution in [0.15, 0.2) is 53.6 Å². The third-order valence-corrected chi connectivity index (χ3v) is 4.38. The minimum absolute atomic E-state index is 0.206. The zero-order valence-corrected chi connectivity index (χ0v) is 13.5. The van der Waals surface area contributed by atoms with E-state index in [9.17, 15) is 0 Å². The molecule has 0 fully saturated rings. The van der Waals surface area contributed by atoms with Gasteiger partial charge in [-0.15, -0.1) is 0 Å². The molecule has 0 spiro atoms. The van der Waals surface area contributed by atoms with Gasteiger partial charge >= 0.3 is 0 Å². The van der Waals surface area contributed by atoms with Crippen LogP contribution in [0, 0.1) is 5.41 Å². The Bertz CT molecular complexity index is 761. The van der Waals surface area contributed by atoms with Crippen LogP contribution < -0.4 is 10.4 Å². The Morgan fingerprint density at radius 2 is 1.90 bits per heavy atom. The van der Waals surface area contributed by atoms with E-state index in [0.717, 1.165) is 6.42 Å². The lowest BCUT2D eigenvalue weighted by Crippen LogP contribution is -2.24. The molecule has 0 N–H and O–H groups in total. The van der Waals surface area contributed by atoms with Gasteiger partial charge in [0.15, 0.2) is 0 Å². The summed E-state index contributed by atoms with van der Waals surface area (Å²) in [6, 6.07) is 6.86. The summed E-state index contributed by atoms with van der Waals surface area (Å²) in [5, 5.41) is 2.69. The third kappa shape index (κ3) is 2.95. The summed E-state index contributed by atoms with van der Waals surface area (Å²) in [6.07, 6.45) is 14.9. The van der Waals surface area contributed by atoms with E-state index in [1.54, 1.807) is 0 Å². The first kappa shape index (κ1) is 14.1. The summed E-state index contributed by atoms with van der Waals surface area (Å²) in [4.78, 5) is 0. The average Bonchev–Trinajstić information content (AvgIpc) is 2.43. The second-order valence-corrected chi connectivity index (χ2v) is 7.23. The molecule has 108 valence electrons. The highest BCUT2D eigenvalue weighted by atomic mass is 14.3. The molecular formula is C21H24. The van der Waals surface area contributed by atoms with Crippen molar-refractivity contribution in [1.29, 1.82) is 0 Å². The highest BCUT2D eigenvalue weighted by molar-refractivity contribution is 5.57. The molecule has 0 heterocycles. The van der Waals surface area contributed by atoms with Crippen molar-refractivity contribution in [2.45, 2.75) is 40.0 Å². The van der Waals surface area contributed by atoms with E-state index < -0.39 is 0 Å². The van der Waals surface area contributed by atoms with Gasteiger partial charge in [0, 0.05) is 5.92 Å². The van der Waals surface area contributed by atoms with Crippen molar-refractivity contribution in [3.05, 3.63) is 69.7 Å². The molecule has 0 aromatic heterocycles. The quantitative estimate of drug-likeness (QED) is 0.665. The van der Waals surface area contributed by atoms with Crippen LogP contribution in [0.5, 0.6) is 0 Å². The second-order valence-electron chi connectivity index (χ2n) is 7.23. The molecule has 0 saturated heterocycles. The van der Waals surface area contributed by atoms with Crippen molar-refractivity contribution in [3.8, 4) is 0 Å². The van der Waals surface area contributed by atoms with Crippen LogP contribution in [-0.2, 0) is 0 Å². The van der Waals surface area contributed by atoms with E-state index in [2.05, 4.69) is 82.4 Å². The molecule has 0 radical (unpaired) electrons. The van der Waals surface area contributed by atoms with Crippen LogP contribution in [0.2, 0.25) is 0 Å². The molecule has 1 unspecified atom stereocenters. The molecule has 2 aliphatic carbocycles. The van der Waals surface area contributed by atoms with Crippen molar-refractivity contribution < 1.29 is 0 Å². The van der Waals surface area contributed by atoms with Gasteiger partial charge < -0.3 is 0 Å². The van der Waals surface area contributed by atoms with Gasteiger partial charge in [0.05, 0.1) is 0 Å². The summed E-state index contributed by atoms with van der Waals surface area (Å²) in [5.41, 5.74) is 4.44. The Labute approximate surface area is 127 Å². The smallest absolute Gasteiger partial charge is 0.00647 e. The standard InChI is InChI=1S/C21H24/c1-15-6-5-7-17-13-19(21(2,3)4)14-18-11-10-16(9-8-15)12-20(17)18/h5-6,8-14,17H,7H2,1-4H3/b6-5+,15-8-,16-9-. The Morgan fingerprint density at radius 1 is 1.10 bits per heavy atom. The Balaban J connectivity index is 2.23. The maximum absolute atomic E-state index is 2.47. The molecule has 0 heteroatoms. The topological polar surface area (TPSA) is 0 Å². The van der Waals surface area contributed by atoms with Gasteiger partial charge in [-0.1, -0.05) is 81.0 Å². The number of allylic oxidation sites excluding steroid dienone is 6. The third-order valence-electron chi connectivity index (χ3n) is 4.38. The molecule has 2 bridgehead atoms. The van der Waals surface area contributed by atoms with Crippen molar-refractivity contribution in [3.63, 3.8) is 0 Å². The zero-order valence-electron chi connectivity index (χ0n) is 13.5. The van der Waals surface area contributed by atoms with Crippen LogP contribution in [0.3, 0.4) is 0 Å². The first-order chi connectivity index (χ1) is 9.93. The molecular weight excluding hydrogens is 252 g/mol. The van der Waals surface area contributed by atoms with E-state index in [-0.39, 0.29) is 5.41 Å². The summed E-state index contributed by atoms with van der Waals surface area (Å²) in [6.45, 7) is 9.05. The van der Waals surface area contributed by atoms with E-state index >= 15 is 0 Å². The maximum atomic E-state index is 2.47. The first-order valence-corrected chi connectivity index (χ1v) is 7.83. The Kier molecular flexibility index (Phi) is 3.49. The SMILES string of the molecule is CC1=C/C=c2/ccc3c(c2)C(C=C(C(C)(C)C)C=3)C\C=C\1. The monoisotopic (exact) mass is 276 g/mol. The lowest BCUT2D eigenvalue weighted by Gasteiger charge is -2.27. The lowest BCUT2D eigenvalue weighted by molar-refractivity contribution is 0.517. The van der Waals surface area contributed by atoms with Gasteiger partial charge in [0.25, 0.3) is 0 Å². The summed E-state index contributed by atoms with van der Waals surface area (Å²) in [7, 11) is 0. The van der Waals surface area contributed by atoms with Gasteiger partial charge in [0.2, 0.25) is 0 Å². The number of benzene rings is 1. The predicted octanol–water partition coefficient (Wildman–Crippen LogP) is 4.22. The fourth-order valence-corrected chi connectivity index (χ4v) is 3.02. The van der Waals surface area contributed by atoms with E-state index in [1.807, 2.05) is 0 Å². The predicted molar refractivity (Wildman–Crippen MR) is 92.4 cm³/mol. The van der Waals surface area contributed by atoms with E-state index in [0.29, 0.717) is 5.92 Å². The fourth-order valence-electron chi connectivity index (χ4n) is 3.02. The van der Waals surface area contributed by atoms with Crippen molar-refractivity contribution >= 4 is 12.2 Å². The van der Waals surface area contributed by atoms with Crippen molar-refractivity contribution in [2.75, 3.05) is 0 Å². The van der Waals surface area contributed by atoms with Crippen LogP contribution in [0.1, 0.15) is 45.6 Å². The first-order valence-electron chi connectivity index (χ1n) is 7.83. The Hall–Kier alpha value is -1.82. The molecule has 0 amide bonds. The molecule has 3 rings (SSSR count). The Morgan fingerprint density at radius 3 is 2.67 bits per heavy atom. The van der Waals surface area contributed by atoms with Crippen LogP contribution in [-0.4, -0.2) is 0 Å². The molecule has 1 aromatic rings. The minimum atomic E-state index is 0.206. The van der Waals surface area contributed by atoms with E-state index in [1.165, 1.54) is 27.1 Å². The lowest BCUT2D eigenvalue weighted by atomic mass is 9.78. The van der Waals surface area contributed by atoms with Crippen molar-refractivity contribution in [2.24, 2.45) is 5.41 Å². The van der Waals surface area contributed by atoms with Crippen LogP contribution >= 0.6 is 0 Å². The minimum Gasteiger partial charge on any atom is -0.0834 e. The highest BCUT2D eigenvalue weighted by Crippen LogP contribution is 2.33. The molecule has 1 aromatic carbocycles. The normalized spacial score (nSPS) is 26.5. The number of hydrogen-bond acceptors (Lipinski definition) is 0. The molecule has 0 aliphatic heterocycles. The summed E-state index contributed by atoms with van der Waals surface area (Å²) >= 11 is 0. The number of rotatable bonds is 0. The molecule has 1 atom stereocenters. The van der Waals surface area contributed by atoms with Gasteiger partial charge in [-0.2, -0.15) is 0 Å². The van der Waals surface area contributed by atoms with Gasteiger partial charge in [-0.05, 0) is 40.3 Å². The van der Waals surface area contributed by atoms with Crippen LogP contribution in [0.4, 0.5) is 0 Å². The second kappa shape index (κ2) is 5.18. The van der Waals surface area contributed by atoms with Crippen molar-refractivity contribution in [1.82, 2.24) is 0 Å². The highest BCUT2D eigenvalue weighted by Gasteiger charge is 2.21. The number of fused-ring (bicyclic) bond motifs is 1. The largest absolute Gasteiger partial charge is 0.0834 e. The van der Waals surface area contributed by atoms with E-state index in [4.69, 9.17) is 0 Å². The number of hydrogen-bond donors (Lipinski definition) is 0. The summed E-state index contributed by atoms with van der Waals surface area (Å²) in [5.74, 6) is 0.495. The molecule has 0 saturated carbocycles. The molecule has 21 heavy (non-hydrogen) atoms. The molecule has 0 nitrogen and oxygen atoms in total. The average molecular weight is 276 g/mol. The summed E-state index contributed by atoms with van der Waals surface area (Å²) < 4.78 is 0. The molecule has 2 aliphatic rings. The fraction of sp³-hybridized carbons (Fsp3) is 0.333. The van der Waals surface area contributed by atoms with Gasteiger partial charge in [0.1, 0.15) is 0 Å². The maximum Gasteiger partial charge on any atom is 0.00647 e. The van der Waals surface area contributed by atoms with Crippen LogP contribution in [0.25, 0.3) is 12.2 Å². The van der Waals surface area contributed by atoms with Gasteiger partial charge in [-0.3, -0.25) is 0 Å². The zero-order chi connectivity index (χ0) is 15.0. The van der Waals surface area contributed by atoms with Gasteiger partial charge in [-0.25, -0.2) is 0 Å².